The summed E-state index contributed by atoms with van der Waals surface area (Å²) in [7, 11) is -2.82. The largest absolute Gasteiger partial charge is 0.489 e. The average molecular weight is 443 g/mol. The smallest absolute Gasteiger partial charge is 0.416 e. The summed E-state index contributed by atoms with van der Waals surface area (Å²) in [5.41, 5.74) is -1.03. The van der Waals surface area contributed by atoms with Crippen LogP contribution in [0, 0.1) is 0 Å². The molecule has 0 aliphatic rings. The Kier molecular flexibility index (Phi) is 6.22. The van der Waals surface area contributed by atoms with Gasteiger partial charge in [0, 0.05) is 7.11 Å². The van der Waals surface area contributed by atoms with Crippen molar-refractivity contribution in [2.75, 3.05) is 25.0 Å². The van der Waals surface area contributed by atoms with Crippen LogP contribution in [-0.2, 0) is 20.9 Å². The summed E-state index contributed by atoms with van der Waals surface area (Å²) < 4.78 is 78.6. The van der Waals surface area contributed by atoms with Crippen molar-refractivity contribution < 1.29 is 31.1 Å². The van der Waals surface area contributed by atoms with Gasteiger partial charge < -0.3 is 9.47 Å². The zero-order valence-corrected chi connectivity index (χ0v) is 16.3. The number of hydrogen-bond acceptors (Lipinski definition) is 7. The maximum Gasteiger partial charge on any atom is 0.416 e. The van der Waals surface area contributed by atoms with Gasteiger partial charge in [-0.15, -0.1) is 5.10 Å². The second kappa shape index (κ2) is 8.67. The lowest BCUT2D eigenvalue weighted by atomic mass is 10.2. The van der Waals surface area contributed by atoms with Gasteiger partial charge in [0.2, 0.25) is 0 Å². The maximum absolute atomic E-state index is 13.1. The first-order valence-corrected chi connectivity index (χ1v) is 9.88. The van der Waals surface area contributed by atoms with Crippen LogP contribution in [0.15, 0.2) is 53.7 Å². The predicted molar refractivity (Wildman–Crippen MR) is 98.8 cm³/mol. The zero-order valence-electron chi connectivity index (χ0n) is 15.5. The molecule has 1 aromatic heterocycles. The van der Waals surface area contributed by atoms with Crippen molar-refractivity contribution in [2.45, 2.75) is 11.1 Å². The Morgan fingerprint density at radius 2 is 1.93 bits per heavy atom. The van der Waals surface area contributed by atoms with Crippen molar-refractivity contribution in [1.29, 1.82) is 0 Å². The number of nitrogens with one attached hydrogen (secondary N) is 1. The van der Waals surface area contributed by atoms with Gasteiger partial charge >= 0.3 is 6.18 Å². The molecule has 0 spiro atoms. The van der Waals surface area contributed by atoms with E-state index in [1.54, 1.807) is 6.07 Å². The first kappa shape index (κ1) is 21.5. The third kappa shape index (κ3) is 5.04. The van der Waals surface area contributed by atoms with Crippen LogP contribution in [0.5, 0.6) is 5.75 Å². The molecule has 3 rings (SSSR count). The first-order chi connectivity index (χ1) is 14.2. The van der Waals surface area contributed by atoms with E-state index in [4.69, 9.17) is 9.47 Å². The maximum atomic E-state index is 13.1. The molecule has 9 nitrogen and oxygen atoms in total. The van der Waals surface area contributed by atoms with Crippen molar-refractivity contribution in [3.63, 3.8) is 0 Å². The second-order valence-electron chi connectivity index (χ2n) is 5.91. The van der Waals surface area contributed by atoms with Crippen LogP contribution < -0.4 is 9.46 Å². The number of benzene rings is 2. The van der Waals surface area contributed by atoms with E-state index in [1.165, 1.54) is 36.3 Å². The molecule has 0 aliphatic heterocycles. The molecule has 0 amide bonds. The highest BCUT2D eigenvalue weighted by atomic mass is 32.2. The summed E-state index contributed by atoms with van der Waals surface area (Å²) in [6.45, 7) is 0.187. The van der Waals surface area contributed by atoms with Crippen LogP contribution in [-0.4, -0.2) is 48.9 Å². The summed E-state index contributed by atoms with van der Waals surface area (Å²) in [6.07, 6.45) is -3.39. The SMILES string of the molecule is COCCOc1ccc(C(F)(F)F)cc1NS(=O)(=O)c1cccc(-n2cnnn2)c1. The molecule has 0 atom stereocenters. The number of sulfonamides is 1. The van der Waals surface area contributed by atoms with Crippen molar-refractivity contribution in [3.05, 3.63) is 54.4 Å². The molecule has 1 N–H and O–H groups in total. The minimum Gasteiger partial charge on any atom is -0.489 e. The molecule has 13 heteroatoms. The molecule has 3 aromatic rings. The molecule has 0 saturated carbocycles. The molecule has 0 aliphatic carbocycles. The van der Waals surface area contributed by atoms with Gasteiger partial charge in [-0.25, -0.2) is 13.1 Å². The number of rotatable bonds is 8. The topological polar surface area (TPSA) is 108 Å². The van der Waals surface area contributed by atoms with E-state index in [0.29, 0.717) is 11.8 Å². The third-order valence-electron chi connectivity index (χ3n) is 3.84. The molecule has 160 valence electrons. The Bertz CT molecular complexity index is 1100. The lowest BCUT2D eigenvalue weighted by Crippen LogP contribution is -2.16. The van der Waals surface area contributed by atoms with E-state index in [1.807, 2.05) is 0 Å². The third-order valence-corrected chi connectivity index (χ3v) is 5.20. The molecule has 0 bridgehead atoms. The number of anilines is 1. The Labute approximate surface area is 169 Å². The van der Waals surface area contributed by atoms with Gasteiger partial charge in [0.25, 0.3) is 10.0 Å². The lowest BCUT2D eigenvalue weighted by Gasteiger charge is -2.16. The fourth-order valence-corrected chi connectivity index (χ4v) is 3.52. The van der Waals surface area contributed by atoms with Crippen molar-refractivity contribution in [1.82, 2.24) is 20.2 Å². The van der Waals surface area contributed by atoms with Crippen LogP contribution in [0.25, 0.3) is 5.69 Å². The summed E-state index contributed by atoms with van der Waals surface area (Å²) in [6, 6.07) is 8.11. The second-order valence-corrected chi connectivity index (χ2v) is 7.59. The summed E-state index contributed by atoms with van der Waals surface area (Å²) >= 11 is 0. The molecular formula is C17H16F3N5O4S. The number of ether oxygens (including phenoxy) is 2. The van der Waals surface area contributed by atoms with Crippen LogP contribution in [0.4, 0.5) is 18.9 Å². The molecule has 0 unspecified atom stereocenters. The molecule has 0 radical (unpaired) electrons. The lowest BCUT2D eigenvalue weighted by molar-refractivity contribution is -0.137. The molecule has 0 fully saturated rings. The van der Waals surface area contributed by atoms with Gasteiger partial charge in [-0.05, 0) is 46.8 Å². The molecule has 0 saturated heterocycles. The van der Waals surface area contributed by atoms with Gasteiger partial charge in [-0.3, -0.25) is 4.72 Å². The molecule has 2 aromatic carbocycles. The minimum absolute atomic E-state index is 0.0192. The molecular weight excluding hydrogens is 427 g/mol. The number of tetrazole rings is 1. The zero-order chi connectivity index (χ0) is 21.8. The Hall–Kier alpha value is -3.19. The van der Waals surface area contributed by atoms with Crippen LogP contribution in [0.2, 0.25) is 0 Å². The van der Waals surface area contributed by atoms with Crippen LogP contribution in [0.1, 0.15) is 5.56 Å². The summed E-state index contributed by atoms with van der Waals surface area (Å²) in [5, 5.41) is 10.6. The summed E-state index contributed by atoms with van der Waals surface area (Å²) in [5.74, 6) is -0.0692. The van der Waals surface area contributed by atoms with Gasteiger partial charge in [0.15, 0.2) is 0 Å². The van der Waals surface area contributed by atoms with E-state index < -0.39 is 21.8 Å². The fraction of sp³-hybridized carbons (Fsp3) is 0.235. The van der Waals surface area contributed by atoms with E-state index >= 15 is 0 Å². The highest BCUT2D eigenvalue weighted by Crippen LogP contribution is 2.36. The van der Waals surface area contributed by atoms with Crippen LogP contribution >= 0.6 is 0 Å². The fourth-order valence-electron chi connectivity index (χ4n) is 2.42. The number of alkyl halides is 3. The number of aromatic nitrogens is 4. The van der Waals surface area contributed by atoms with Crippen molar-refractivity contribution in [2.24, 2.45) is 0 Å². The number of methoxy groups -OCH3 is 1. The van der Waals surface area contributed by atoms with E-state index in [2.05, 4.69) is 20.2 Å². The van der Waals surface area contributed by atoms with Crippen molar-refractivity contribution >= 4 is 15.7 Å². The molecule has 1 heterocycles. The Morgan fingerprint density at radius 3 is 2.60 bits per heavy atom. The number of nitrogens with zero attached hydrogens (tertiary/aromatic N) is 4. The monoisotopic (exact) mass is 443 g/mol. The standard InChI is InChI=1S/C17H16F3N5O4S/c1-28-7-8-29-16-6-5-12(17(18,19)20)9-15(16)22-30(26,27)14-4-2-3-13(10-14)25-11-21-23-24-25/h2-6,9-11,22H,7-8H2,1H3. The van der Waals surface area contributed by atoms with Crippen molar-refractivity contribution in [3.8, 4) is 11.4 Å². The number of hydrogen-bond donors (Lipinski definition) is 1. The van der Waals surface area contributed by atoms with E-state index in [9.17, 15) is 21.6 Å². The van der Waals surface area contributed by atoms with Gasteiger partial charge in [-0.1, -0.05) is 6.07 Å². The highest BCUT2D eigenvalue weighted by molar-refractivity contribution is 7.92. The summed E-state index contributed by atoms with van der Waals surface area (Å²) in [4.78, 5) is -0.198. The average Bonchev–Trinajstić information content (AvgIpc) is 3.23. The van der Waals surface area contributed by atoms with Gasteiger partial charge in [0.1, 0.15) is 18.7 Å². The first-order valence-electron chi connectivity index (χ1n) is 8.40. The quantitative estimate of drug-likeness (QED) is 0.533. The van der Waals surface area contributed by atoms with E-state index in [0.717, 1.165) is 12.1 Å². The van der Waals surface area contributed by atoms with Crippen LogP contribution in [0.3, 0.4) is 0 Å². The highest BCUT2D eigenvalue weighted by Gasteiger charge is 2.32. The van der Waals surface area contributed by atoms with Gasteiger partial charge in [-0.2, -0.15) is 13.2 Å². The minimum atomic E-state index is -4.66. The predicted octanol–water partition coefficient (Wildman–Crippen LogP) is 2.51. The van der Waals surface area contributed by atoms with E-state index in [-0.39, 0.29) is 29.5 Å². The van der Waals surface area contributed by atoms with Gasteiger partial charge in [0.05, 0.1) is 28.4 Å². The Balaban J connectivity index is 1.95. The normalized spacial score (nSPS) is 12.0. The number of halogens is 3. The molecule has 30 heavy (non-hydrogen) atoms. The Morgan fingerprint density at radius 1 is 1.13 bits per heavy atom.